The van der Waals surface area contributed by atoms with E-state index in [0.717, 1.165) is 16.8 Å². The van der Waals surface area contributed by atoms with Gasteiger partial charge >= 0.3 is 0 Å². The van der Waals surface area contributed by atoms with Crippen molar-refractivity contribution in [2.24, 2.45) is 4.99 Å². The number of thioether (sulfide) groups is 1. The first-order valence-corrected chi connectivity index (χ1v) is 12.2. The Hall–Kier alpha value is -3.07. The molecule has 3 aromatic rings. The number of nitrogens with zero attached hydrogens (tertiary/aromatic N) is 1. The number of benzene rings is 3. The van der Waals surface area contributed by atoms with Gasteiger partial charge in [-0.1, -0.05) is 35.4 Å². The molecule has 2 N–H and O–H groups in total. The van der Waals surface area contributed by atoms with Gasteiger partial charge in [-0.3, -0.25) is 9.59 Å². The standard InChI is InChI=1S/C25H19BrClN3O3S/c1-15-2-7-19(8-3-15)29-25-30-24(32)22(34-25)13-16-4-11-21(20(26)12-16)33-14-23(31)28-18-9-5-17(27)6-10-18/h2-13H,14H2,1H3,(H,28,31)(H,29,30,32)/b22-13-. The number of rotatable bonds is 6. The minimum Gasteiger partial charge on any atom is -0.483 e. The molecule has 9 heteroatoms. The van der Waals surface area contributed by atoms with Crippen LogP contribution in [0.1, 0.15) is 11.1 Å². The van der Waals surface area contributed by atoms with Crippen molar-refractivity contribution >= 4 is 73.7 Å². The predicted octanol–water partition coefficient (Wildman–Crippen LogP) is 6.32. The maximum absolute atomic E-state index is 12.4. The number of hydrogen-bond donors (Lipinski definition) is 2. The van der Waals surface area contributed by atoms with Crippen LogP contribution >= 0.6 is 39.3 Å². The molecule has 4 rings (SSSR count). The van der Waals surface area contributed by atoms with Crippen LogP contribution in [0.15, 0.2) is 81.1 Å². The summed E-state index contributed by atoms with van der Waals surface area (Å²) >= 11 is 10.6. The van der Waals surface area contributed by atoms with E-state index in [-0.39, 0.29) is 18.4 Å². The summed E-state index contributed by atoms with van der Waals surface area (Å²) in [6, 6.07) is 20.0. The van der Waals surface area contributed by atoms with Crippen molar-refractivity contribution in [2.45, 2.75) is 6.92 Å². The molecule has 1 heterocycles. The molecule has 0 atom stereocenters. The summed E-state index contributed by atoms with van der Waals surface area (Å²) in [5.74, 6) is 0.0181. The average molecular weight is 557 g/mol. The maximum Gasteiger partial charge on any atom is 0.264 e. The fraction of sp³-hybridized carbons (Fsp3) is 0.0800. The summed E-state index contributed by atoms with van der Waals surface area (Å²) in [5.41, 5.74) is 3.36. The number of halogens is 2. The lowest BCUT2D eigenvalue weighted by Gasteiger charge is -2.09. The Balaban J connectivity index is 1.37. The van der Waals surface area contributed by atoms with E-state index in [0.29, 0.717) is 31.0 Å². The van der Waals surface area contributed by atoms with Gasteiger partial charge in [0.15, 0.2) is 11.8 Å². The van der Waals surface area contributed by atoms with Gasteiger partial charge in [0.05, 0.1) is 15.1 Å². The molecular weight excluding hydrogens is 538 g/mol. The number of hydrogen-bond acceptors (Lipinski definition) is 5. The zero-order chi connectivity index (χ0) is 24.1. The summed E-state index contributed by atoms with van der Waals surface area (Å²) in [6.45, 7) is 1.85. The van der Waals surface area contributed by atoms with Crippen LogP contribution < -0.4 is 15.4 Å². The second kappa shape index (κ2) is 10.9. The summed E-state index contributed by atoms with van der Waals surface area (Å²) in [7, 11) is 0. The van der Waals surface area contributed by atoms with Gasteiger partial charge in [-0.15, -0.1) is 0 Å². The van der Waals surface area contributed by atoms with Gasteiger partial charge in [-0.25, -0.2) is 4.99 Å². The number of nitrogens with one attached hydrogen (secondary N) is 2. The highest BCUT2D eigenvalue weighted by Gasteiger charge is 2.24. The Morgan fingerprint density at radius 1 is 1.15 bits per heavy atom. The van der Waals surface area contributed by atoms with Gasteiger partial charge in [-0.2, -0.15) is 0 Å². The van der Waals surface area contributed by atoms with Crippen LogP contribution in [-0.2, 0) is 9.59 Å². The molecular formula is C25H19BrClN3O3S. The van der Waals surface area contributed by atoms with Crippen LogP contribution in [0.25, 0.3) is 6.08 Å². The molecule has 0 aromatic heterocycles. The summed E-state index contributed by atoms with van der Waals surface area (Å²) in [4.78, 5) is 29.5. The highest BCUT2D eigenvalue weighted by atomic mass is 79.9. The van der Waals surface area contributed by atoms with Gasteiger partial charge < -0.3 is 15.4 Å². The molecule has 172 valence electrons. The topological polar surface area (TPSA) is 79.8 Å². The molecule has 1 saturated heterocycles. The van der Waals surface area contributed by atoms with Crippen LogP contribution in [0.2, 0.25) is 5.02 Å². The zero-order valence-corrected chi connectivity index (χ0v) is 21.1. The lowest BCUT2D eigenvalue weighted by molar-refractivity contribution is -0.118. The third-order valence-electron chi connectivity index (χ3n) is 4.66. The summed E-state index contributed by atoms with van der Waals surface area (Å²) < 4.78 is 6.29. The molecule has 0 aliphatic carbocycles. The Morgan fingerprint density at radius 3 is 2.59 bits per heavy atom. The number of carbonyl (C=O) groups is 2. The smallest absolute Gasteiger partial charge is 0.264 e. The molecule has 34 heavy (non-hydrogen) atoms. The quantitative estimate of drug-likeness (QED) is 0.348. The third kappa shape index (κ3) is 6.50. The van der Waals surface area contributed by atoms with E-state index >= 15 is 0 Å². The second-order valence-electron chi connectivity index (χ2n) is 7.35. The fourth-order valence-corrected chi connectivity index (χ4v) is 4.44. The van der Waals surface area contributed by atoms with Crippen molar-refractivity contribution < 1.29 is 14.3 Å². The van der Waals surface area contributed by atoms with E-state index in [2.05, 4.69) is 31.6 Å². The Bertz CT molecular complexity index is 1290. The van der Waals surface area contributed by atoms with Crippen molar-refractivity contribution in [3.63, 3.8) is 0 Å². The first-order chi connectivity index (χ1) is 16.4. The van der Waals surface area contributed by atoms with E-state index in [1.165, 1.54) is 11.8 Å². The van der Waals surface area contributed by atoms with Crippen LogP contribution in [-0.4, -0.2) is 23.6 Å². The van der Waals surface area contributed by atoms with Gasteiger partial charge in [-0.05, 0) is 94.8 Å². The SMILES string of the molecule is Cc1ccc(N=C2NC(=O)/C(=C/c3ccc(OCC(=O)Nc4ccc(Cl)cc4)c(Br)c3)S2)cc1. The number of aliphatic imine (C=N–C) groups is 1. The van der Waals surface area contributed by atoms with Crippen molar-refractivity contribution in [2.75, 3.05) is 11.9 Å². The molecule has 1 aliphatic rings. The van der Waals surface area contributed by atoms with Crippen LogP contribution in [0, 0.1) is 6.92 Å². The van der Waals surface area contributed by atoms with E-state index in [1.807, 2.05) is 43.3 Å². The monoisotopic (exact) mass is 555 g/mol. The lowest BCUT2D eigenvalue weighted by atomic mass is 10.2. The van der Waals surface area contributed by atoms with Crippen molar-refractivity contribution in [3.8, 4) is 5.75 Å². The lowest BCUT2D eigenvalue weighted by Crippen LogP contribution is -2.20. The average Bonchev–Trinajstić information content (AvgIpc) is 3.14. The van der Waals surface area contributed by atoms with Gasteiger partial charge in [0.1, 0.15) is 5.75 Å². The third-order valence-corrected chi connectivity index (χ3v) is 6.44. The Labute approximate surface area is 214 Å². The van der Waals surface area contributed by atoms with E-state index in [4.69, 9.17) is 16.3 Å². The van der Waals surface area contributed by atoms with Crippen molar-refractivity contribution in [1.29, 1.82) is 0 Å². The van der Waals surface area contributed by atoms with Crippen LogP contribution in [0.5, 0.6) is 5.75 Å². The number of amidine groups is 1. The summed E-state index contributed by atoms with van der Waals surface area (Å²) in [5, 5.41) is 6.66. The van der Waals surface area contributed by atoms with E-state index in [1.54, 1.807) is 36.4 Å². The molecule has 0 unspecified atom stereocenters. The summed E-state index contributed by atoms with van der Waals surface area (Å²) in [6.07, 6.45) is 1.78. The van der Waals surface area contributed by atoms with Crippen LogP contribution in [0.4, 0.5) is 11.4 Å². The zero-order valence-electron chi connectivity index (χ0n) is 18.0. The van der Waals surface area contributed by atoms with Crippen molar-refractivity contribution in [3.05, 3.63) is 92.3 Å². The molecule has 6 nitrogen and oxygen atoms in total. The van der Waals surface area contributed by atoms with Gasteiger partial charge in [0.25, 0.3) is 11.8 Å². The minimum absolute atomic E-state index is 0.154. The normalized spacial score (nSPS) is 15.4. The second-order valence-corrected chi connectivity index (χ2v) is 9.67. The highest BCUT2D eigenvalue weighted by Crippen LogP contribution is 2.31. The number of carbonyl (C=O) groups excluding carboxylic acids is 2. The minimum atomic E-state index is -0.292. The molecule has 3 aromatic carbocycles. The molecule has 0 spiro atoms. The number of ether oxygens (including phenoxy) is 1. The first kappa shape index (κ1) is 24.1. The molecule has 1 fully saturated rings. The maximum atomic E-state index is 12.4. The molecule has 2 amide bonds. The molecule has 0 bridgehead atoms. The van der Waals surface area contributed by atoms with E-state index < -0.39 is 0 Å². The van der Waals surface area contributed by atoms with E-state index in [9.17, 15) is 9.59 Å². The van der Waals surface area contributed by atoms with Crippen molar-refractivity contribution in [1.82, 2.24) is 5.32 Å². The molecule has 0 radical (unpaired) electrons. The van der Waals surface area contributed by atoms with Crippen LogP contribution in [0.3, 0.4) is 0 Å². The Morgan fingerprint density at radius 2 is 1.88 bits per heavy atom. The van der Waals surface area contributed by atoms with Gasteiger partial charge in [0.2, 0.25) is 0 Å². The first-order valence-electron chi connectivity index (χ1n) is 10.2. The predicted molar refractivity (Wildman–Crippen MR) is 142 cm³/mol. The largest absolute Gasteiger partial charge is 0.483 e. The fourth-order valence-electron chi connectivity index (χ4n) is 2.97. The number of anilines is 1. The highest BCUT2D eigenvalue weighted by molar-refractivity contribution is 9.10. The molecule has 1 aliphatic heterocycles. The molecule has 0 saturated carbocycles. The number of amides is 2. The van der Waals surface area contributed by atoms with Gasteiger partial charge in [0, 0.05) is 10.7 Å². The Kier molecular flexibility index (Phi) is 7.72. The number of aryl methyl sites for hydroxylation is 1.